The lowest BCUT2D eigenvalue weighted by atomic mass is 9.43. The Balaban J connectivity index is 1.61. The number of hydrogen-bond acceptors (Lipinski definition) is 4. The minimum Gasteiger partial charge on any atom is -0.481 e. The van der Waals surface area contributed by atoms with Gasteiger partial charge in [-0.15, -0.1) is 0 Å². The maximum atomic E-state index is 11.5. The Bertz CT molecular complexity index is 637. The van der Waals surface area contributed by atoms with E-state index >= 15 is 0 Å². The van der Waals surface area contributed by atoms with Gasteiger partial charge in [0.2, 0.25) is 0 Å². The molecule has 0 amide bonds. The lowest BCUT2D eigenvalue weighted by molar-refractivity contribution is -0.207. The van der Waals surface area contributed by atoms with Gasteiger partial charge in [-0.25, -0.2) is 0 Å². The predicted molar refractivity (Wildman–Crippen MR) is 110 cm³/mol. The molecule has 5 heteroatoms. The van der Waals surface area contributed by atoms with Crippen LogP contribution in [0.2, 0.25) is 0 Å². The van der Waals surface area contributed by atoms with Crippen molar-refractivity contribution >= 4 is 5.97 Å². The second kappa shape index (κ2) is 7.49. The third kappa shape index (κ3) is 3.27. The van der Waals surface area contributed by atoms with E-state index in [2.05, 4.69) is 20.8 Å². The number of hydrogen-bond donors (Lipinski definition) is 4. The van der Waals surface area contributed by atoms with Crippen LogP contribution in [-0.2, 0) is 4.79 Å². The van der Waals surface area contributed by atoms with Crippen LogP contribution in [0.4, 0.5) is 0 Å². The van der Waals surface area contributed by atoms with Gasteiger partial charge in [0.15, 0.2) is 0 Å². The Morgan fingerprint density at radius 2 is 1.76 bits per heavy atom. The average Bonchev–Trinajstić information content (AvgIpc) is 3.01. The van der Waals surface area contributed by atoms with Crippen LogP contribution in [0.1, 0.15) is 78.6 Å². The highest BCUT2D eigenvalue weighted by atomic mass is 16.4. The van der Waals surface area contributed by atoms with Crippen LogP contribution < -0.4 is 0 Å². The zero-order chi connectivity index (χ0) is 21.1. The molecule has 0 unspecified atom stereocenters. The van der Waals surface area contributed by atoms with Crippen LogP contribution >= 0.6 is 0 Å². The Morgan fingerprint density at radius 1 is 1.03 bits per heavy atom. The molecule has 0 bridgehead atoms. The minimum atomic E-state index is -0.748. The van der Waals surface area contributed by atoms with Crippen LogP contribution in [0.3, 0.4) is 0 Å². The smallest absolute Gasteiger partial charge is 0.303 e. The van der Waals surface area contributed by atoms with E-state index in [1.807, 2.05) is 0 Å². The van der Waals surface area contributed by atoms with E-state index in [9.17, 15) is 20.1 Å². The molecule has 11 atom stereocenters. The summed E-state index contributed by atoms with van der Waals surface area (Å²) in [7, 11) is 0. The molecule has 0 aromatic carbocycles. The van der Waals surface area contributed by atoms with Crippen LogP contribution in [0.25, 0.3) is 0 Å². The van der Waals surface area contributed by atoms with Gasteiger partial charge in [-0.2, -0.15) is 0 Å². The lowest BCUT2D eigenvalue weighted by Gasteiger charge is -2.63. The van der Waals surface area contributed by atoms with Crippen LogP contribution in [0.5, 0.6) is 0 Å². The average molecular weight is 409 g/mol. The number of aliphatic hydroxyl groups excluding tert-OH is 3. The fourth-order valence-corrected chi connectivity index (χ4v) is 8.68. The van der Waals surface area contributed by atoms with E-state index in [4.69, 9.17) is 5.11 Å². The summed E-state index contributed by atoms with van der Waals surface area (Å²) >= 11 is 0. The van der Waals surface area contributed by atoms with Crippen molar-refractivity contribution in [3.8, 4) is 0 Å². The van der Waals surface area contributed by atoms with Crippen molar-refractivity contribution in [2.24, 2.45) is 46.3 Å². The highest BCUT2D eigenvalue weighted by molar-refractivity contribution is 5.66. The summed E-state index contributed by atoms with van der Waals surface area (Å²) in [6.45, 7) is 6.72. The number of aliphatic hydroxyl groups is 3. The zero-order valence-electron chi connectivity index (χ0n) is 18.3. The molecule has 0 aromatic heterocycles. The number of aliphatic carboxylic acids is 1. The lowest BCUT2D eigenvalue weighted by Crippen LogP contribution is -2.62. The van der Waals surface area contributed by atoms with E-state index < -0.39 is 12.1 Å². The first-order valence-electron chi connectivity index (χ1n) is 11.8. The monoisotopic (exact) mass is 408 g/mol. The summed E-state index contributed by atoms with van der Waals surface area (Å²) in [4.78, 5) is 11.1. The third-order valence-electron chi connectivity index (χ3n) is 10.3. The molecular formula is C24H40O5. The molecule has 4 fully saturated rings. The molecule has 4 N–H and O–H groups in total. The third-order valence-corrected chi connectivity index (χ3v) is 10.3. The Hall–Kier alpha value is -0.650. The van der Waals surface area contributed by atoms with Crippen LogP contribution in [0, 0.1) is 46.3 Å². The van der Waals surface area contributed by atoms with Crippen LogP contribution in [0.15, 0.2) is 0 Å². The van der Waals surface area contributed by atoms with Crippen molar-refractivity contribution in [2.75, 3.05) is 0 Å². The molecule has 4 aliphatic rings. The fourth-order valence-electron chi connectivity index (χ4n) is 8.68. The molecule has 5 nitrogen and oxygen atoms in total. The first kappa shape index (κ1) is 21.6. The number of carboxylic acids is 1. The summed E-state index contributed by atoms with van der Waals surface area (Å²) in [5, 5.41) is 42.0. The second-order valence-electron chi connectivity index (χ2n) is 11.4. The number of carboxylic acid groups (broad SMARTS) is 1. The van der Waals surface area contributed by atoms with E-state index in [1.165, 1.54) is 0 Å². The first-order chi connectivity index (χ1) is 13.6. The summed E-state index contributed by atoms with van der Waals surface area (Å²) in [5.74, 6) is 0.997. The van der Waals surface area contributed by atoms with Gasteiger partial charge in [-0.3, -0.25) is 4.79 Å². The number of carbonyl (C=O) groups is 1. The number of rotatable bonds is 4. The van der Waals surface area contributed by atoms with Gasteiger partial charge >= 0.3 is 5.97 Å². The molecule has 29 heavy (non-hydrogen) atoms. The predicted octanol–water partition coefficient (Wildman–Crippen LogP) is 3.45. The van der Waals surface area contributed by atoms with Crippen LogP contribution in [-0.4, -0.2) is 44.7 Å². The number of fused-ring (bicyclic) bond motifs is 5. The van der Waals surface area contributed by atoms with Gasteiger partial charge in [-0.1, -0.05) is 20.8 Å². The molecule has 0 saturated heterocycles. The van der Waals surface area contributed by atoms with Gasteiger partial charge < -0.3 is 20.4 Å². The van der Waals surface area contributed by atoms with E-state index in [-0.39, 0.29) is 41.3 Å². The van der Waals surface area contributed by atoms with Crippen molar-refractivity contribution in [3.63, 3.8) is 0 Å². The van der Waals surface area contributed by atoms with Crippen molar-refractivity contribution in [2.45, 2.75) is 96.9 Å². The molecule has 4 saturated carbocycles. The molecule has 0 aliphatic heterocycles. The van der Waals surface area contributed by atoms with E-state index in [0.29, 0.717) is 30.1 Å². The summed E-state index contributed by atoms with van der Waals surface area (Å²) < 4.78 is 0. The Labute approximate surface area is 174 Å². The maximum absolute atomic E-state index is 11.5. The molecule has 0 aromatic rings. The second-order valence-corrected chi connectivity index (χ2v) is 11.4. The zero-order valence-corrected chi connectivity index (χ0v) is 18.3. The topological polar surface area (TPSA) is 98.0 Å². The molecule has 0 spiro atoms. The minimum absolute atomic E-state index is 0.0957. The van der Waals surface area contributed by atoms with Crippen molar-refractivity contribution < 1.29 is 25.2 Å². The van der Waals surface area contributed by atoms with Crippen molar-refractivity contribution in [3.05, 3.63) is 0 Å². The maximum Gasteiger partial charge on any atom is 0.303 e. The molecule has 166 valence electrons. The quantitative estimate of drug-likeness (QED) is 0.571. The van der Waals surface area contributed by atoms with Gasteiger partial charge in [0.1, 0.15) is 0 Å². The summed E-state index contributed by atoms with van der Waals surface area (Å²) in [5.41, 5.74) is -0.143. The van der Waals surface area contributed by atoms with E-state index in [1.54, 1.807) is 0 Å². The Morgan fingerprint density at radius 3 is 2.45 bits per heavy atom. The highest BCUT2D eigenvalue weighted by Gasteiger charge is 2.65. The standard InChI is InChI=1S/C24H40O5/c1-13(4-7-21(28)29)16-5-6-17-22-18(12-20(27)24(16,17)3)23(2)9-8-15(25)10-14(23)11-19(22)26/h13-20,22,25-27H,4-12H2,1-3H3,(H,28,29)/t13-,14-,15+,16-,17+,18+,19+,20+,22+,23+,24-/m1/s1. The molecule has 4 aliphatic carbocycles. The molecule has 4 rings (SSSR count). The largest absolute Gasteiger partial charge is 0.481 e. The van der Waals surface area contributed by atoms with Gasteiger partial charge in [0.25, 0.3) is 0 Å². The molecule has 0 heterocycles. The normalized spacial score (nSPS) is 52.9. The SMILES string of the molecule is C[C@H](CCC(=O)O)[C@H]1CC[C@H]2[C@@H]3[C@@H](O)C[C@H]4C[C@@H](O)CC[C@]4(C)[C@H]3C[C@H](O)[C@]12C. The fraction of sp³-hybridized carbons (Fsp3) is 0.958. The van der Waals surface area contributed by atoms with E-state index in [0.717, 1.165) is 44.9 Å². The van der Waals surface area contributed by atoms with Gasteiger partial charge in [-0.05, 0) is 97.7 Å². The molecular weight excluding hydrogens is 368 g/mol. The summed E-state index contributed by atoms with van der Waals surface area (Å²) in [6, 6.07) is 0. The van der Waals surface area contributed by atoms with Gasteiger partial charge in [0.05, 0.1) is 18.3 Å². The summed E-state index contributed by atoms with van der Waals surface area (Å²) in [6.07, 6.45) is 6.00. The van der Waals surface area contributed by atoms with Crippen molar-refractivity contribution in [1.82, 2.24) is 0 Å². The Kier molecular flexibility index (Phi) is 5.57. The highest BCUT2D eigenvalue weighted by Crippen LogP contribution is 2.68. The van der Waals surface area contributed by atoms with Crippen molar-refractivity contribution in [1.29, 1.82) is 0 Å². The first-order valence-corrected chi connectivity index (χ1v) is 11.8. The molecule has 0 radical (unpaired) electrons. The van der Waals surface area contributed by atoms with Gasteiger partial charge in [0, 0.05) is 6.42 Å².